The van der Waals surface area contributed by atoms with Crippen molar-refractivity contribution >= 4 is 5.97 Å². The van der Waals surface area contributed by atoms with Crippen LogP contribution in [0.2, 0.25) is 0 Å². The first-order chi connectivity index (χ1) is 7.51. The zero-order chi connectivity index (χ0) is 12.3. The minimum atomic E-state index is -3.03. The molecule has 0 fully saturated rings. The molecule has 7 heteroatoms. The van der Waals surface area contributed by atoms with Crippen LogP contribution in [0, 0.1) is 5.95 Å². The number of nitrogens with zero attached hydrogens (tertiary/aromatic N) is 1. The number of methoxy groups -OCH3 is 2. The predicted octanol–water partition coefficient (Wildman–Crippen LogP) is 1.95. The quantitative estimate of drug-likeness (QED) is 0.593. The van der Waals surface area contributed by atoms with Gasteiger partial charge < -0.3 is 9.47 Å². The smallest absolute Gasteiger partial charge is 0.360 e. The topological polar surface area (TPSA) is 48.4 Å². The van der Waals surface area contributed by atoms with Gasteiger partial charge in [0.2, 0.25) is 5.95 Å². The number of ether oxygens (including phenoxy) is 2. The summed E-state index contributed by atoms with van der Waals surface area (Å²) in [6.45, 7) is 0. The molecule has 0 amide bonds. The van der Waals surface area contributed by atoms with Crippen LogP contribution in [-0.2, 0) is 4.74 Å². The second kappa shape index (κ2) is 4.82. The molecule has 0 bridgehead atoms. The van der Waals surface area contributed by atoms with Gasteiger partial charge in [-0.25, -0.2) is 18.6 Å². The summed E-state index contributed by atoms with van der Waals surface area (Å²) in [7, 11) is 2.21. The molecule has 0 spiro atoms. The monoisotopic (exact) mass is 235 g/mol. The van der Waals surface area contributed by atoms with Crippen LogP contribution in [0.4, 0.5) is 13.2 Å². The SMILES string of the molecule is COC(=O)c1nc(F)c(C(F)F)cc1OC. The molecule has 4 nitrogen and oxygen atoms in total. The van der Waals surface area contributed by atoms with E-state index < -0.39 is 29.6 Å². The van der Waals surface area contributed by atoms with Crippen LogP contribution in [0.3, 0.4) is 0 Å². The largest absolute Gasteiger partial charge is 0.494 e. The number of carbonyl (C=O) groups is 1. The first kappa shape index (κ1) is 12.3. The highest BCUT2D eigenvalue weighted by molar-refractivity contribution is 5.90. The highest BCUT2D eigenvalue weighted by atomic mass is 19.3. The average Bonchev–Trinajstić information content (AvgIpc) is 2.27. The van der Waals surface area contributed by atoms with E-state index in [-0.39, 0.29) is 5.75 Å². The molecule has 88 valence electrons. The Morgan fingerprint density at radius 3 is 2.50 bits per heavy atom. The maximum Gasteiger partial charge on any atom is 0.360 e. The maximum atomic E-state index is 13.1. The van der Waals surface area contributed by atoms with Crippen LogP contribution < -0.4 is 4.74 Å². The number of hydrogen-bond donors (Lipinski definition) is 0. The maximum absolute atomic E-state index is 13.1. The van der Waals surface area contributed by atoms with Gasteiger partial charge in [-0.05, 0) is 6.07 Å². The molecule has 0 aromatic carbocycles. The minimum Gasteiger partial charge on any atom is -0.494 e. The molecular weight excluding hydrogens is 227 g/mol. The minimum absolute atomic E-state index is 0.261. The molecule has 0 radical (unpaired) electrons. The van der Waals surface area contributed by atoms with Crippen LogP contribution in [0.15, 0.2) is 6.07 Å². The number of alkyl halides is 2. The molecule has 0 N–H and O–H groups in total. The number of aromatic nitrogens is 1. The van der Waals surface area contributed by atoms with Crippen LogP contribution in [0.1, 0.15) is 22.5 Å². The third kappa shape index (κ3) is 2.23. The van der Waals surface area contributed by atoms with Gasteiger partial charge in [-0.2, -0.15) is 4.39 Å². The second-order valence-corrected chi connectivity index (χ2v) is 2.71. The Morgan fingerprint density at radius 1 is 1.44 bits per heavy atom. The van der Waals surface area contributed by atoms with Gasteiger partial charge in [0.25, 0.3) is 6.43 Å². The normalized spacial score (nSPS) is 10.4. The fourth-order valence-electron chi connectivity index (χ4n) is 1.04. The van der Waals surface area contributed by atoms with Gasteiger partial charge in [0.1, 0.15) is 0 Å². The third-order valence-electron chi connectivity index (χ3n) is 1.80. The lowest BCUT2D eigenvalue weighted by Crippen LogP contribution is -2.10. The predicted molar refractivity (Wildman–Crippen MR) is 47.0 cm³/mol. The van der Waals surface area contributed by atoms with Gasteiger partial charge in [-0.1, -0.05) is 0 Å². The molecule has 0 saturated carbocycles. The van der Waals surface area contributed by atoms with Crippen molar-refractivity contribution in [2.24, 2.45) is 0 Å². The molecule has 0 atom stereocenters. The van der Waals surface area contributed by atoms with E-state index in [0.717, 1.165) is 20.3 Å². The Bertz CT molecular complexity index is 409. The first-order valence-corrected chi connectivity index (χ1v) is 4.12. The summed E-state index contributed by atoms with van der Waals surface area (Å²) in [5, 5.41) is 0. The lowest BCUT2D eigenvalue weighted by Gasteiger charge is -2.08. The number of rotatable bonds is 3. The molecular formula is C9H8F3NO3. The van der Waals surface area contributed by atoms with Crippen molar-refractivity contribution < 1.29 is 27.4 Å². The average molecular weight is 235 g/mol. The molecule has 1 aromatic heterocycles. The summed E-state index contributed by atoms with van der Waals surface area (Å²) >= 11 is 0. The van der Waals surface area contributed by atoms with Gasteiger partial charge in [-0.3, -0.25) is 0 Å². The Labute approximate surface area is 89.0 Å². The zero-order valence-electron chi connectivity index (χ0n) is 8.46. The van der Waals surface area contributed by atoms with Crippen LogP contribution in [-0.4, -0.2) is 25.2 Å². The Morgan fingerprint density at radius 2 is 2.06 bits per heavy atom. The van der Waals surface area contributed by atoms with E-state index in [2.05, 4.69) is 14.5 Å². The highest BCUT2D eigenvalue weighted by Gasteiger charge is 2.23. The fraction of sp³-hybridized carbons (Fsp3) is 0.333. The van der Waals surface area contributed by atoms with E-state index in [0.29, 0.717) is 0 Å². The van der Waals surface area contributed by atoms with Crippen LogP contribution in [0.5, 0.6) is 5.75 Å². The lowest BCUT2D eigenvalue weighted by molar-refractivity contribution is 0.0587. The van der Waals surface area contributed by atoms with Crippen molar-refractivity contribution in [2.45, 2.75) is 6.43 Å². The Hall–Kier alpha value is -1.79. The van der Waals surface area contributed by atoms with Gasteiger partial charge >= 0.3 is 5.97 Å². The molecule has 1 rings (SSSR count). The van der Waals surface area contributed by atoms with E-state index in [4.69, 9.17) is 0 Å². The summed E-state index contributed by atoms with van der Waals surface area (Å²) in [6, 6.07) is 0.721. The molecule has 0 saturated heterocycles. The molecule has 0 aliphatic rings. The molecule has 0 unspecified atom stereocenters. The first-order valence-electron chi connectivity index (χ1n) is 4.12. The number of carbonyl (C=O) groups excluding carboxylic acids is 1. The Kier molecular flexibility index (Phi) is 3.70. The van der Waals surface area contributed by atoms with Crippen molar-refractivity contribution in [1.29, 1.82) is 0 Å². The summed E-state index contributed by atoms with van der Waals surface area (Å²) in [6.07, 6.45) is -3.03. The molecule has 1 aromatic rings. The van der Waals surface area contributed by atoms with Gasteiger partial charge in [-0.15, -0.1) is 0 Å². The van der Waals surface area contributed by atoms with Crippen molar-refractivity contribution in [3.8, 4) is 5.75 Å². The van der Waals surface area contributed by atoms with E-state index in [1.165, 1.54) is 0 Å². The standard InChI is InChI=1S/C9H8F3NO3/c1-15-5-3-4(7(10)11)8(12)13-6(5)9(14)16-2/h3,7H,1-2H3. The zero-order valence-corrected chi connectivity index (χ0v) is 8.46. The third-order valence-corrected chi connectivity index (χ3v) is 1.80. The van der Waals surface area contributed by atoms with Crippen LogP contribution >= 0.6 is 0 Å². The lowest BCUT2D eigenvalue weighted by atomic mass is 10.2. The fourth-order valence-corrected chi connectivity index (χ4v) is 1.04. The molecule has 1 heterocycles. The second-order valence-electron chi connectivity index (χ2n) is 2.71. The number of esters is 1. The molecule has 0 aliphatic carbocycles. The van der Waals surface area contributed by atoms with Gasteiger partial charge in [0.05, 0.1) is 19.8 Å². The number of pyridine rings is 1. The van der Waals surface area contributed by atoms with Crippen molar-refractivity contribution in [1.82, 2.24) is 4.98 Å². The van der Waals surface area contributed by atoms with Crippen LogP contribution in [0.25, 0.3) is 0 Å². The van der Waals surface area contributed by atoms with Crippen molar-refractivity contribution in [3.63, 3.8) is 0 Å². The number of halogens is 3. The summed E-state index contributed by atoms with van der Waals surface area (Å²) in [5.74, 6) is -2.64. The van der Waals surface area contributed by atoms with E-state index in [1.807, 2.05) is 0 Å². The van der Waals surface area contributed by atoms with E-state index in [9.17, 15) is 18.0 Å². The molecule has 0 aliphatic heterocycles. The number of hydrogen-bond acceptors (Lipinski definition) is 4. The molecule has 16 heavy (non-hydrogen) atoms. The van der Waals surface area contributed by atoms with Crippen molar-refractivity contribution in [2.75, 3.05) is 14.2 Å². The van der Waals surface area contributed by atoms with Gasteiger partial charge in [0, 0.05) is 0 Å². The van der Waals surface area contributed by atoms with Gasteiger partial charge in [0.15, 0.2) is 11.4 Å². The van der Waals surface area contributed by atoms with E-state index in [1.54, 1.807) is 0 Å². The Balaban J connectivity index is 3.32. The summed E-state index contributed by atoms with van der Waals surface area (Å²) in [4.78, 5) is 14.2. The summed E-state index contributed by atoms with van der Waals surface area (Å²) < 4.78 is 46.6. The highest BCUT2D eigenvalue weighted by Crippen LogP contribution is 2.27. The van der Waals surface area contributed by atoms with E-state index >= 15 is 0 Å². The van der Waals surface area contributed by atoms with Crippen molar-refractivity contribution in [3.05, 3.63) is 23.3 Å². The summed E-state index contributed by atoms with van der Waals surface area (Å²) in [5.41, 5.74) is -1.41.